The standard InChI is InChI=1S/C18H22ClN3O4/c1-18(2)16(24)20-17(25)22(18)11-15(23)21-7-8-26-13(10-21)9-12-5-3-4-6-14(12)19/h3-6,13H,7-11H2,1-2H3,(H,20,24,25)/t13-/m1/s1. The lowest BCUT2D eigenvalue weighted by molar-refractivity contribution is -0.140. The third kappa shape index (κ3) is 3.68. The number of hydrogen-bond acceptors (Lipinski definition) is 4. The normalized spacial score (nSPS) is 22.5. The summed E-state index contributed by atoms with van der Waals surface area (Å²) in [5.41, 5.74) is -0.0603. The number of amides is 4. The highest BCUT2D eigenvalue weighted by Crippen LogP contribution is 2.22. The molecule has 140 valence electrons. The molecule has 1 N–H and O–H groups in total. The van der Waals surface area contributed by atoms with Crippen molar-refractivity contribution in [3.05, 3.63) is 34.9 Å². The Morgan fingerprint density at radius 3 is 2.73 bits per heavy atom. The van der Waals surface area contributed by atoms with E-state index in [1.54, 1.807) is 18.7 Å². The molecule has 0 unspecified atom stereocenters. The first-order valence-corrected chi connectivity index (χ1v) is 8.92. The number of carbonyl (C=O) groups excluding carboxylic acids is 3. The minimum atomic E-state index is -1.03. The van der Waals surface area contributed by atoms with Crippen LogP contribution in [-0.2, 0) is 20.7 Å². The Morgan fingerprint density at radius 2 is 2.08 bits per heavy atom. The summed E-state index contributed by atoms with van der Waals surface area (Å²) in [6.07, 6.45) is 0.451. The van der Waals surface area contributed by atoms with E-state index in [4.69, 9.17) is 16.3 Å². The Morgan fingerprint density at radius 1 is 1.35 bits per heavy atom. The molecule has 1 aromatic rings. The predicted octanol–water partition coefficient (Wildman–Crippen LogP) is 1.44. The number of rotatable bonds is 4. The van der Waals surface area contributed by atoms with Gasteiger partial charge in [-0.15, -0.1) is 0 Å². The number of ether oxygens (including phenoxy) is 1. The summed E-state index contributed by atoms with van der Waals surface area (Å²) in [6, 6.07) is 7.02. The number of imide groups is 1. The van der Waals surface area contributed by atoms with Gasteiger partial charge in [0.15, 0.2) is 0 Å². The number of urea groups is 1. The minimum Gasteiger partial charge on any atom is -0.374 e. The van der Waals surface area contributed by atoms with Crippen molar-refractivity contribution in [1.29, 1.82) is 0 Å². The van der Waals surface area contributed by atoms with Gasteiger partial charge in [-0.05, 0) is 25.5 Å². The molecule has 0 aromatic heterocycles. The van der Waals surface area contributed by atoms with Crippen molar-refractivity contribution < 1.29 is 19.1 Å². The van der Waals surface area contributed by atoms with Crippen LogP contribution in [-0.4, -0.2) is 65.5 Å². The third-order valence-corrected chi connectivity index (χ3v) is 5.26. The van der Waals surface area contributed by atoms with Crippen LogP contribution in [0.25, 0.3) is 0 Å². The molecule has 4 amide bonds. The van der Waals surface area contributed by atoms with Gasteiger partial charge in [-0.2, -0.15) is 0 Å². The Kier molecular flexibility index (Phi) is 5.20. The molecule has 1 atom stereocenters. The van der Waals surface area contributed by atoms with Gasteiger partial charge in [0, 0.05) is 24.5 Å². The summed E-state index contributed by atoms with van der Waals surface area (Å²) >= 11 is 6.20. The summed E-state index contributed by atoms with van der Waals surface area (Å²) in [7, 11) is 0. The second-order valence-electron chi connectivity index (χ2n) is 7.03. The van der Waals surface area contributed by atoms with Crippen LogP contribution in [0.5, 0.6) is 0 Å². The zero-order valence-corrected chi connectivity index (χ0v) is 15.6. The lowest BCUT2D eigenvalue weighted by Crippen LogP contribution is -2.53. The van der Waals surface area contributed by atoms with E-state index in [1.165, 1.54) is 4.90 Å². The molecule has 2 aliphatic heterocycles. The van der Waals surface area contributed by atoms with Crippen LogP contribution in [0.15, 0.2) is 24.3 Å². The van der Waals surface area contributed by atoms with Gasteiger partial charge in [0.2, 0.25) is 5.91 Å². The summed E-state index contributed by atoms with van der Waals surface area (Å²) < 4.78 is 5.77. The predicted molar refractivity (Wildman–Crippen MR) is 95.8 cm³/mol. The summed E-state index contributed by atoms with van der Waals surface area (Å²) in [6.45, 7) is 4.43. The first-order valence-electron chi connectivity index (χ1n) is 8.55. The van der Waals surface area contributed by atoms with Crippen LogP contribution in [0.1, 0.15) is 19.4 Å². The number of nitrogens with zero attached hydrogens (tertiary/aromatic N) is 2. The van der Waals surface area contributed by atoms with Crippen molar-refractivity contribution in [2.45, 2.75) is 31.9 Å². The van der Waals surface area contributed by atoms with Gasteiger partial charge < -0.3 is 14.5 Å². The SMILES string of the molecule is CC1(C)C(=O)NC(=O)N1CC(=O)N1CCO[C@H](Cc2ccccc2Cl)C1. The largest absolute Gasteiger partial charge is 0.374 e. The Hall–Kier alpha value is -2.12. The van der Waals surface area contributed by atoms with Gasteiger partial charge in [0.05, 0.1) is 12.7 Å². The Balaban J connectivity index is 1.62. The van der Waals surface area contributed by atoms with Crippen LogP contribution < -0.4 is 5.32 Å². The molecule has 2 aliphatic rings. The molecule has 0 spiro atoms. The molecule has 2 fully saturated rings. The van der Waals surface area contributed by atoms with Gasteiger partial charge in [-0.1, -0.05) is 29.8 Å². The van der Waals surface area contributed by atoms with Crippen molar-refractivity contribution in [1.82, 2.24) is 15.1 Å². The highest BCUT2D eigenvalue weighted by molar-refractivity contribution is 6.31. The molecule has 1 aromatic carbocycles. The second-order valence-corrected chi connectivity index (χ2v) is 7.44. The maximum absolute atomic E-state index is 12.7. The zero-order valence-electron chi connectivity index (χ0n) is 14.8. The number of hydrogen-bond donors (Lipinski definition) is 1. The fourth-order valence-corrected chi connectivity index (χ4v) is 3.39. The zero-order chi connectivity index (χ0) is 18.9. The lowest BCUT2D eigenvalue weighted by Gasteiger charge is -2.35. The summed E-state index contributed by atoms with van der Waals surface area (Å²) in [5, 5.41) is 2.93. The highest BCUT2D eigenvalue weighted by atomic mass is 35.5. The Bertz CT molecular complexity index is 737. The highest BCUT2D eigenvalue weighted by Gasteiger charge is 2.46. The molecule has 8 heteroatoms. The van der Waals surface area contributed by atoms with Crippen molar-refractivity contribution in [2.24, 2.45) is 0 Å². The van der Waals surface area contributed by atoms with E-state index in [9.17, 15) is 14.4 Å². The summed E-state index contributed by atoms with van der Waals surface area (Å²) in [5.74, 6) is -0.593. The molecule has 3 rings (SSSR count). The van der Waals surface area contributed by atoms with Crippen molar-refractivity contribution in [3.63, 3.8) is 0 Å². The van der Waals surface area contributed by atoms with Crippen molar-refractivity contribution in [3.8, 4) is 0 Å². The van der Waals surface area contributed by atoms with Crippen molar-refractivity contribution >= 4 is 29.4 Å². The van der Waals surface area contributed by atoms with E-state index in [0.717, 1.165) is 5.56 Å². The second kappa shape index (κ2) is 7.25. The molecule has 0 bridgehead atoms. The van der Waals surface area contributed by atoms with Crippen LogP contribution >= 0.6 is 11.6 Å². The van der Waals surface area contributed by atoms with Crippen LogP contribution in [0.4, 0.5) is 4.79 Å². The van der Waals surface area contributed by atoms with E-state index in [2.05, 4.69) is 5.32 Å². The number of benzene rings is 1. The van der Waals surface area contributed by atoms with Crippen LogP contribution in [0.3, 0.4) is 0 Å². The third-order valence-electron chi connectivity index (χ3n) is 4.89. The number of halogens is 1. The van der Waals surface area contributed by atoms with E-state index in [-0.39, 0.29) is 18.6 Å². The first kappa shape index (κ1) is 18.7. The van der Waals surface area contributed by atoms with E-state index in [0.29, 0.717) is 31.1 Å². The molecule has 26 heavy (non-hydrogen) atoms. The fourth-order valence-electron chi connectivity index (χ4n) is 3.18. The maximum atomic E-state index is 12.7. The molecule has 7 nitrogen and oxygen atoms in total. The van der Waals surface area contributed by atoms with Gasteiger partial charge in [0.1, 0.15) is 12.1 Å². The minimum absolute atomic E-state index is 0.136. The topological polar surface area (TPSA) is 79.0 Å². The van der Waals surface area contributed by atoms with Gasteiger partial charge in [0.25, 0.3) is 5.91 Å². The lowest BCUT2D eigenvalue weighted by atomic mass is 10.0. The molecule has 0 aliphatic carbocycles. The molecule has 2 saturated heterocycles. The smallest absolute Gasteiger partial charge is 0.325 e. The first-order chi connectivity index (χ1) is 12.3. The van der Waals surface area contributed by atoms with Gasteiger partial charge in [-0.3, -0.25) is 14.9 Å². The van der Waals surface area contributed by atoms with E-state index < -0.39 is 17.5 Å². The number of carbonyl (C=O) groups is 3. The molecule has 0 saturated carbocycles. The van der Waals surface area contributed by atoms with Crippen molar-refractivity contribution in [2.75, 3.05) is 26.2 Å². The molecule has 2 heterocycles. The van der Waals surface area contributed by atoms with Crippen LogP contribution in [0, 0.1) is 0 Å². The average molecular weight is 380 g/mol. The molecular formula is C18H22ClN3O4. The summed E-state index contributed by atoms with van der Waals surface area (Å²) in [4.78, 5) is 39.4. The van der Waals surface area contributed by atoms with Crippen LogP contribution in [0.2, 0.25) is 5.02 Å². The average Bonchev–Trinajstić information content (AvgIpc) is 2.79. The molecule has 0 radical (unpaired) electrons. The van der Waals surface area contributed by atoms with Gasteiger partial charge in [-0.25, -0.2) is 4.79 Å². The molecular weight excluding hydrogens is 358 g/mol. The number of morpholine rings is 1. The Labute approximate surface area is 157 Å². The quantitative estimate of drug-likeness (QED) is 0.803. The number of nitrogens with one attached hydrogen (secondary N) is 1. The van der Waals surface area contributed by atoms with E-state index in [1.807, 2.05) is 24.3 Å². The van der Waals surface area contributed by atoms with Gasteiger partial charge >= 0.3 is 6.03 Å². The van der Waals surface area contributed by atoms with E-state index >= 15 is 0 Å². The fraction of sp³-hybridized carbons (Fsp3) is 0.500. The maximum Gasteiger partial charge on any atom is 0.325 e. The monoisotopic (exact) mass is 379 g/mol.